The van der Waals surface area contributed by atoms with E-state index >= 15 is 0 Å². The molecule has 2 N–H and O–H groups in total. The Balaban J connectivity index is 1.96. The fourth-order valence-corrected chi connectivity index (χ4v) is 2.31. The molecule has 5 nitrogen and oxygen atoms in total. The second kappa shape index (κ2) is 5.10. The van der Waals surface area contributed by atoms with Crippen LogP contribution in [0.1, 0.15) is 25.6 Å². The SMILES string of the molecule is Cc1nc(NCC2(C)CCN(C)CC2)cc(=O)[nH]1. The van der Waals surface area contributed by atoms with Gasteiger partial charge in [0.2, 0.25) is 0 Å². The van der Waals surface area contributed by atoms with Crippen LogP contribution in [0.3, 0.4) is 0 Å². The van der Waals surface area contributed by atoms with Crippen molar-refractivity contribution in [3.05, 3.63) is 22.2 Å². The molecular weight excluding hydrogens is 228 g/mol. The Morgan fingerprint density at radius 2 is 2.17 bits per heavy atom. The van der Waals surface area contributed by atoms with Crippen molar-refractivity contribution in [2.45, 2.75) is 26.7 Å². The van der Waals surface area contributed by atoms with Gasteiger partial charge in [0.25, 0.3) is 5.56 Å². The molecule has 1 aliphatic heterocycles. The van der Waals surface area contributed by atoms with Crippen molar-refractivity contribution in [1.82, 2.24) is 14.9 Å². The molecule has 2 heterocycles. The molecule has 0 bridgehead atoms. The molecule has 0 radical (unpaired) electrons. The summed E-state index contributed by atoms with van der Waals surface area (Å²) in [6, 6.07) is 1.52. The Morgan fingerprint density at radius 1 is 1.50 bits per heavy atom. The topological polar surface area (TPSA) is 61.0 Å². The number of nitrogens with one attached hydrogen (secondary N) is 2. The lowest BCUT2D eigenvalue weighted by Crippen LogP contribution is -2.40. The van der Waals surface area contributed by atoms with Gasteiger partial charge in [0.15, 0.2) is 0 Å². The van der Waals surface area contributed by atoms with E-state index in [0.717, 1.165) is 19.6 Å². The monoisotopic (exact) mass is 250 g/mol. The molecule has 0 saturated carbocycles. The Morgan fingerprint density at radius 3 is 2.78 bits per heavy atom. The van der Waals surface area contributed by atoms with Crippen molar-refractivity contribution >= 4 is 5.82 Å². The first-order valence-electron chi connectivity index (χ1n) is 6.47. The molecule has 1 fully saturated rings. The smallest absolute Gasteiger partial charge is 0.252 e. The first-order valence-corrected chi connectivity index (χ1v) is 6.47. The molecule has 100 valence electrons. The third kappa shape index (κ3) is 3.32. The summed E-state index contributed by atoms with van der Waals surface area (Å²) in [5, 5.41) is 3.30. The van der Waals surface area contributed by atoms with Crippen LogP contribution in [0.2, 0.25) is 0 Å². The molecule has 1 aromatic rings. The van der Waals surface area contributed by atoms with E-state index < -0.39 is 0 Å². The molecule has 0 spiro atoms. The summed E-state index contributed by atoms with van der Waals surface area (Å²) in [7, 11) is 2.16. The number of likely N-dealkylation sites (tertiary alicyclic amines) is 1. The van der Waals surface area contributed by atoms with Gasteiger partial charge in [-0.2, -0.15) is 0 Å². The van der Waals surface area contributed by atoms with Gasteiger partial charge in [-0.15, -0.1) is 0 Å². The molecule has 0 unspecified atom stereocenters. The molecule has 0 aliphatic carbocycles. The number of aromatic amines is 1. The molecule has 5 heteroatoms. The molecule has 1 aromatic heterocycles. The third-order valence-electron chi connectivity index (χ3n) is 3.75. The van der Waals surface area contributed by atoms with Gasteiger partial charge in [0.05, 0.1) is 0 Å². The van der Waals surface area contributed by atoms with Gasteiger partial charge in [-0.3, -0.25) is 4.79 Å². The summed E-state index contributed by atoms with van der Waals surface area (Å²) in [5.74, 6) is 1.33. The highest BCUT2D eigenvalue weighted by Crippen LogP contribution is 2.30. The summed E-state index contributed by atoms with van der Waals surface area (Å²) in [5.41, 5.74) is 0.198. The molecule has 0 atom stereocenters. The Bertz CT molecular complexity index is 460. The van der Waals surface area contributed by atoms with Crippen LogP contribution in [-0.4, -0.2) is 41.5 Å². The number of nitrogens with zero attached hydrogens (tertiary/aromatic N) is 2. The molecular formula is C13H22N4O. The van der Waals surface area contributed by atoms with Gasteiger partial charge in [0, 0.05) is 12.6 Å². The Kier molecular flexibility index (Phi) is 3.71. The van der Waals surface area contributed by atoms with Crippen LogP contribution in [0, 0.1) is 12.3 Å². The van der Waals surface area contributed by atoms with Gasteiger partial charge in [-0.25, -0.2) is 4.98 Å². The van der Waals surface area contributed by atoms with Crippen LogP contribution < -0.4 is 10.9 Å². The summed E-state index contributed by atoms with van der Waals surface area (Å²) < 4.78 is 0. The third-order valence-corrected chi connectivity index (χ3v) is 3.75. The lowest BCUT2D eigenvalue weighted by atomic mass is 9.80. The fourth-order valence-electron chi connectivity index (χ4n) is 2.31. The lowest BCUT2D eigenvalue weighted by molar-refractivity contribution is 0.150. The lowest BCUT2D eigenvalue weighted by Gasteiger charge is -2.38. The van der Waals surface area contributed by atoms with E-state index in [1.165, 1.54) is 18.9 Å². The van der Waals surface area contributed by atoms with E-state index in [1.807, 2.05) is 0 Å². The summed E-state index contributed by atoms with van der Waals surface area (Å²) in [4.78, 5) is 20.6. The van der Waals surface area contributed by atoms with E-state index in [9.17, 15) is 4.79 Å². The van der Waals surface area contributed by atoms with Crippen LogP contribution in [0.25, 0.3) is 0 Å². The summed E-state index contributed by atoms with van der Waals surface area (Å²) in [6.45, 7) is 7.24. The van der Waals surface area contributed by atoms with Crippen LogP contribution in [-0.2, 0) is 0 Å². The van der Waals surface area contributed by atoms with Crippen molar-refractivity contribution in [2.75, 3.05) is 32.0 Å². The highest BCUT2D eigenvalue weighted by Gasteiger charge is 2.28. The van der Waals surface area contributed by atoms with Crippen LogP contribution >= 0.6 is 0 Å². The summed E-state index contributed by atoms with van der Waals surface area (Å²) >= 11 is 0. The number of hydrogen-bond donors (Lipinski definition) is 2. The fraction of sp³-hybridized carbons (Fsp3) is 0.692. The van der Waals surface area contributed by atoms with Gasteiger partial charge < -0.3 is 15.2 Å². The number of aryl methyl sites for hydroxylation is 1. The van der Waals surface area contributed by atoms with Crippen molar-refractivity contribution in [3.63, 3.8) is 0 Å². The van der Waals surface area contributed by atoms with E-state index in [4.69, 9.17) is 0 Å². The highest BCUT2D eigenvalue weighted by molar-refractivity contribution is 5.33. The van der Waals surface area contributed by atoms with E-state index in [-0.39, 0.29) is 5.56 Å². The second-order valence-electron chi connectivity index (χ2n) is 5.68. The zero-order valence-electron chi connectivity index (χ0n) is 11.4. The molecule has 18 heavy (non-hydrogen) atoms. The average Bonchev–Trinajstić information content (AvgIpc) is 2.30. The molecule has 0 amide bonds. The number of H-pyrrole nitrogens is 1. The van der Waals surface area contributed by atoms with Crippen LogP contribution in [0.4, 0.5) is 5.82 Å². The normalized spacial score (nSPS) is 19.7. The number of piperidine rings is 1. The first kappa shape index (κ1) is 13.1. The van der Waals surface area contributed by atoms with Crippen molar-refractivity contribution in [1.29, 1.82) is 0 Å². The minimum atomic E-state index is -0.0986. The zero-order valence-corrected chi connectivity index (χ0v) is 11.4. The minimum Gasteiger partial charge on any atom is -0.369 e. The van der Waals surface area contributed by atoms with E-state index in [1.54, 1.807) is 6.92 Å². The predicted molar refractivity (Wildman–Crippen MR) is 72.9 cm³/mol. The first-order chi connectivity index (χ1) is 8.47. The van der Waals surface area contributed by atoms with Gasteiger partial charge in [0.1, 0.15) is 11.6 Å². The van der Waals surface area contributed by atoms with Crippen LogP contribution in [0.5, 0.6) is 0 Å². The van der Waals surface area contributed by atoms with Gasteiger partial charge in [-0.1, -0.05) is 6.92 Å². The average molecular weight is 250 g/mol. The van der Waals surface area contributed by atoms with Crippen molar-refractivity contribution < 1.29 is 0 Å². The number of rotatable bonds is 3. The second-order valence-corrected chi connectivity index (χ2v) is 5.68. The van der Waals surface area contributed by atoms with Gasteiger partial charge >= 0.3 is 0 Å². The quantitative estimate of drug-likeness (QED) is 0.847. The Labute approximate surface area is 108 Å². The van der Waals surface area contributed by atoms with Gasteiger partial charge in [-0.05, 0) is 45.3 Å². The molecule has 0 aromatic carbocycles. The maximum Gasteiger partial charge on any atom is 0.252 e. The minimum absolute atomic E-state index is 0.0986. The Hall–Kier alpha value is -1.36. The number of hydrogen-bond acceptors (Lipinski definition) is 4. The maximum absolute atomic E-state index is 11.3. The largest absolute Gasteiger partial charge is 0.369 e. The molecule has 1 aliphatic rings. The predicted octanol–water partition coefficient (Wildman–Crippen LogP) is 1.22. The highest BCUT2D eigenvalue weighted by atomic mass is 16.1. The van der Waals surface area contributed by atoms with Crippen molar-refractivity contribution in [2.24, 2.45) is 5.41 Å². The number of anilines is 1. The molecule has 1 saturated heterocycles. The van der Waals surface area contributed by atoms with E-state index in [2.05, 4.69) is 34.2 Å². The summed E-state index contributed by atoms with van der Waals surface area (Å²) in [6.07, 6.45) is 2.36. The van der Waals surface area contributed by atoms with E-state index in [0.29, 0.717) is 17.1 Å². The maximum atomic E-state index is 11.3. The van der Waals surface area contributed by atoms with Crippen LogP contribution in [0.15, 0.2) is 10.9 Å². The standard InChI is InChI=1S/C13H22N4O/c1-10-15-11(8-12(18)16-10)14-9-13(2)4-6-17(3)7-5-13/h8H,4-7,9H2,1-3H3,(H2,14,15,16,18). The number of aromatic nitrogens is 2. The van der Waals surface area contributed by atoms with Crippen molar-refractivity contribution in [3.8, 4) is 0 Å². The zero-order chi connectivity index (χ0) is 13.2. The molecule has 2 rings (SSSR count).